The van der Waals surface area contributed by atoms with Crippen LogP contribution in [0.25, 0.3) is 16.8 Å². The number of aryl methyl sites for hydroxylation is 3. The number of fused-ring (bicyclic) bond motifs is 1. The topological polar surface area (TPSA) is 85.6 Å². The number of rotatable bonds is 6. The fourth-order valence-electron chi connectivity index (χ4n) is 3.16. The van der Waals surface area contributed by atoms with Crippen molar-refractivity contribution in [1.29, 1.82) is 0 Å². The van der Waals surface area contributed by atoms with E-state index in [-0.39, 0.29) is 10.8 Å². The third-order valence-corrected chi connectivity index (χ3v) is 5.94. The van der Waals surface area contributed by atoms with Gasteiger partial charge in [0.2, 0.25) is 10.0 Å². The van der Waals surface area contributed by atoms with Gasteiger partial charge in [-0.3, -0.25) is 0 Å². The predicted molar refractivity (Wildman–Crippen MR) is 109 cm³/mol. The fraction of sp³-hybridized carbons (Fsp3) is 0.400. The summed E-state index contributed by atoms with van der Waals surface area (Å²) < 4.78 is 35.5. The van der Waals surface area contributed by atoms with Crippen LogP contribution in [0, 0.1) is 26.7 Å². The molecule has 0 bridgehead atoms. The second kappa shape index (κ2) is 7.52. The highest BCUT2D eigenvalue weighted by molar-refractivity contribution is 7.89. The zero-order valence-electron chi connectivity index (χ0n) is 17.1. The second-order valence-corrected chi connectivity index (χ2v) is 9.08. The average Bonchev–Trinajstić information content (AvgIpc) is 2.96. The average molecular weight is 403 g/mol. The van der Waals surface area contributed by atoms with Crippen molar-refractivity contribution in [3.05, 3.63) is 41.3 Å². The third kappa shape index (κ3) is 3.74. The number of hydrogen-bond acceptors (Lipinski definition) is 5. The van der Waals surface area contributed by atoms with Crippen molar-refractivity contribution in [3.63, 3.8) is 0 Å². The number of benzene rings is 1. The van der Waals surface area contributed by atoms with Crippen LogP contribution in [0.2, 0.25) is 0 Å². The number of nitrogens with one attached hydrogen (secondary N) is 1. The minimum Gasteiger partial charge on any atom is -0.495 e. The van der Waals surface area contributed by atoms with E-state index < -0.39 is 10.0 Å². The number of ether oxygens (including phenoxy) is 1. The summed E-state index contributed by atoms with van der Waals surface area (Å²) in [5, 5.41) is 4.58. The molecular formula is C20H26N4O3S. The molecule has 0 unspecified atom stereocenters. The van der Waals surface area contributed by atoms with Crippen LogP contribution in [0.15, 0.2) is 29.2 Å². The number of aromatic nitrogens is 3. The van der Waals surface area contributed by atoms with E-state index in [9.17, 15) is 8.42 Å². The summed E-state index contributed by atoms with van der Waals surface area (Å²) in [5.74, 6) is 0.496. The van der Waals surface area contributed by atoms with E-state index in [1.165, 1.54) is 7.11 Å². The molecule has 8 heteroatoms. The van der Waals surface area contributed by atoms with E-state index in [0.717, 1.165) is 28.2 Å². The molecule has 3 rings (SSSR count). The molecule has 28 heavy (non-hydrogen) atoms. The van der Waals surface area contributed by atoms with Gasteiger partial charge in [-0.25, -0.2) is 22.6 Å². The highest BCUT2D eigenvalue weighted by Crippen LogP contribution is 2.33. The Labute approximate surface area is 165 Å². The second-order valence-electron chi connectivity index (χ2n) is 7.35. The normalized spacial score (nSPS) is 12.1. The summed E-state index contributed by atoms with van der Waals surface area (Å²) in [5.41, 5.74) is 4.89. The Morgan fingerprint density at radius 3 is 2.54 bits per heavy atom. The van der Waals surface area contributed by atoms with Gasteiger partial charge in [0.05, 0.1) is 12.8 Å². The highest BCUT2D eigenvalue weighted by atomic mass is 32.2. The van der Waals surface area contributed by atoms with Gasteiger partial charge in [-0.1, -0.05) is 19.9 Å². The van der Waals surface area contributed by atoms with Gasteiger partial charge in [0, 0.05) is 23.5 Å². The van der Waals surface area contributed by atoms with E-state index in [1.54, 1.807) is 16.6 Å². The van der Waals surface area contributed by atoms with Crippen LogP contribution in [0.3, 0.4) is 0 Å². The van der Waals surface area contributed by atoms with Crippen LogP contribution >= 0.6 is 0 Å². The van der Waals surface area contributed by atoms with E-state index >= 15 is 0 Å². The van der Waals surface area contributed by atoms with Crippen molar-refractivity contribution in [2.75, 3.05) is 13.7 Å². The summed E-state index contributed by atoms with van der Waals surface area (Å²) in [6.45, 7) is 10.1. The van der Waals surface area contributed by atoms with Gasteiger partial charge in [0.15, 0.2) is 5.65 Å². The molecule has 0 fully saturated rings. The molecule has 3 aromatic rings. The Morgan fingerprint density at radius 1 is 1.18 bits per heavy atom. The molecular weight excluding hydrogens is 376 g/mol. The van der Waals surface area contributed by atoms with Gasteiger partial charge < -0.3 is 4.74 Å². The lowest BCUT2D eigenvalue weighted by molar-refractivity contribution is 0.402. The zero-order chi connectivity index (χ0) is 20.6. The van der Waals surface area contributed by atoms with Crippen molar-refractivity contribution < 1.29 is 13.2 Å². The van der Waals surface area contributed by atoms with Gasteiger partial charge >= 0.3 is 0 Å². The summed E-state index contributed by atoms with van der Waals surface area (Å²) in [7, 11) is -2.25. The van der Waals surface area contributed by atoms with Gasteiger partial charge in [-0.15, -0.1) is 0 Å². The van der Waals surface area contributed by atoms with Gasteiger partial charge in [-0.2, -0.15) is 5.10 Å². The fourth-order valence-corrected chi connectivity index (χ4v) is 4.57. The first-order chi connectivity index (χ1) is 13.1. The SMILES string of the molecule is COc1ccc(-c2c(C)nn3c(C)cc(C)nc23)cc1S(=O)(=O)NCC(C)C. The molecule has 0 radical (unpaired) electrons. The molecule has 0 aliphatic heterocycles. The Bertz CT molecular complexity index is 1130. The molecule has 0 saturated carbocycles. The summed E-state index contributed by atoms with van der Waals surface area (Å²) in [4.78, 5) is 4.74. The van der Waals surface area contributed by atoms with Crippen LogP contribution < -0.4 is 9.46 Å². The van der Waals surface area contributed by atoms with E-state index in [1.807, 2.05) is 46.8 Å². The maximum absolute atomic E-state index is 12.9. The first-order valence-corrected chi connectivity index (χ1v) is 10.6. The maximum atomic E-state index is 12.9. The molecule has 0 aliphatic rings. The quantitative estimate of drug-likeness (QED) is 0.684. The first-order valence-electron chi connectivity index (χ1n) is 9.15. The lowest BCUT2D eigenvalue weighted by Gasteiger charge is -2.13. The van der Waals surface area contributed by atoms with Crippen LogP contribution in [0.5, 0.6) is 5.75 Å². The molecule has 0 saturated heterocycles. The van der Waals surface area contributed by atoms with Crippen LogP contribution in [0.4, 0.5) is 0 Å². The van der Waals surface area contributed by atoms with E-state index in [2.05, 4.69) is 14.8 Å². The number of hydrogen-bond donors (Lipinski definition) is 1. The number of nitrogens with zero attached hydrogens (tertiary/aromatic N) is 3. The molecule has 1 N–H and O–H groups in total. The van der Waals surface area contributed by atoms with Gasteiger partial charge in [0.1, 0.15) is 10.6 Å². The Balaban J connectivity index is 2.20. The smallest absolute Gasteiger partial charge is 0.244 e. The minimum atomic E-state index is -3.72. The third-order valence-electron chi connectivity index (χ3n) is 4.49. The monoisotopic (exact) mass is 402 g/mol. The summed E-state index contributed by atoms with van der Waals surface area (Å²) in [6, 6.07) is 7.10. The van der Waals surface area contributed by atoms with Crippen LogP contribution in [-0.2, 0) is 10.0 Å². The standard InChI is InChI=1S/C20H26N4O3S/c1-12(2)11-21-28(25,26)18-10-16(7-8-17(18)27-6)19-15(5)23-24-14(4)9-13(3)22-20(19)24/h7-10,12,21H,11H2,1-6H3. The maximum Gasteiger partial charge on any atom is 0.244 e. The van der Waals surface area contributed by atoms with Crippen molar-refractivity contribution >= 4 is 15.7 Å². The van der Waals surface area contributed by atoms with E-state index in [4.69, 9.17) is 4.74 Å². The molecule has 0 amide bonds. The lowest BCUT2D eigenvalue weighted by atomic mass is 10.1. The Morgan fingerprint density at radius 2 is 1.89 bits per heavy atom. The van der Waals surface area contributed by atoms with Crippen molar-refractivity contribution in [2.45, 2.75) is 39.5 Å². The highest BCUT2D eigenvalue weighted by Gasteiger charge is 2.23. The molecule has 0 atom stereocenters. The summed E-state index contributed by atoms with van der Waals surface area (Å²) in [6.07, 6.45) is 0. The Kier molecular flexibility index (Phi) is 5.45. The molecule has 2 aromatic heterocycles. The largest absolute Gasteiger partial charge is 0.495 e. The van der Waals surface area contributed by atoms with Crippen LogP contribution in [-0.4, -0.2) is 36.7 Å². The molecule has 1 aromatic carbocycles. The molecule has 0 aliphatic carbocycles. The molecule has 0 spiro atoms. The number of sulfonamides is 1. The van der Waals surface area contributed by atoms with Gasteiger partial charge in [-0.05, 0) is 50.5 Å². The molecule has 150 valence electrons. The summed E-state index contributed by atoms with van der Waals surface area (Å²) >= 11 is 0. The lowest BCUT2D eigenvalue weighted by Crippen LogP contribution is -2.27. The first kappa shape index (κ1) is 20.3. The minimum absolute atomic E-state index is 0.108. The van der Waals surface area contributed by atoms with E-state index in [0.29, 0.717) is 17.9 Å². The van der Waals surface area contributed by atoms with Gasteiger partial charge in [0.25, 0.3) is 0 Å². The zero-order valence-corrected chi connectivity index (χ0v) is 17.9. The predicted octanol–water partition coefficient (Wildman–Crippen LogP) is 3.26. The van der Waals surface area contributed by atoms with Crippen molar-refractivity contribution in [1.82, 2.24) is 19.3 Å². The Hall–Kier alpha value is -2.45. The number of methoxy groups -OCH3 is 1. The molecule has 2 heterocycles. The molecule has 7 nitrogen and oxygen atoms in total. The van der Waals surface area contributed by atoms with Crippen molar-refractivity contribution in [3.8, 4) is 16.9 Å². The van der Waals surface area contributed by atoms with Crippen LogP contribution in [0.1, 0.15) is 30.9 Å². The van der Waals surface area contributed by atoms with Crippen molar-refractivity contribution in [2.24, 2.45) is 5.92 Å².